The molecule has 100 valence electrons. The third-order valence-electron chi connectivity index (χ3n) is 2.80. The number of rotatable bonds is 3. The van der Waals surface area contributed by atoms with Crippen molar-refractivity contribution in [3.63, 3.8) is 0 Å². The van der Waals surface area contributed by atoms with E-state index in [1.807, 2.05) is 0 Å². The maximum atomic E-state index is 12.6. The van der Waals surface area contributed by atoms with Gasteiger partial charge in [0, 0.05) is 12.8 Å². The molecule has 5 heteroatoms. The van der Waals surface area contributed by atoms with Crippen LogP contribution < -0.4 is 0 Å². The molecule has 2 atom stereocenters. The maximum absolute atomic E-state index is 12.6. The van der Waals surface area contributed by atoms with Crippen molar-refractivity contribution < 1.29 is 22.7 Å². The van der Waals surface area contributed by atoms with Crippen LogP contribution in [-0.4, -0.2) is 12.1 Å². The minimum Gasteiger partial charge on any atom is -0.462 e. The van der Waals surface area contributed by atoms with Crippen molar-refractivity contribution in [3.8, 4) is 0 Å². The number of benzene rings is 1. The van der Waals surface area contributed by atoms with Crippen molar-refractivity contribution in [2.24, 2.45) is 0 Å². The van der Waals surface area contributed by atoms with E-state index in [1.54, 1.807) is 19.9 Å². The van der Waals surface area contributed by atoms with Crippen LogP contribution in [0.5, 0.6) is 0 Å². The van der Waals surface area contributed by atoms with E-state index in [-0.39, 0.29) is 5.92 Å². The highest BCUT2D eigenvalue weighted by atomic mass is 19.4. The molecule has 1 aromatic carbocycles. The van der Waals surface area contributed by atoms with E-state index in [0.29, 0.717) is 5.56 Å². The zero-order valence-electron chi connectivity index (χ0n) is 10.4. The quantitative estimate of drug-likeness (QED) is 0.773. The topological polar surface area (TPSA) is 26.3 Å². The lowest BCUT2D eigenvalue weighted by Crippen LogP contribution is -2.19. The van der Waals surface area contributed by atoms with Gasteiger partial charge in [-0.1, -0.05) is 25.1 Å². The van der Waals surface area contributed by atoms with E-state index in [4.69, 9.17) is 4.74 Å². The molecule has 0 bridgehead atoms. The average molecular weight is 260 g/mol. The van der Waals surface area contributed by atoms with Crippen LogP contribution in [0, 0.1) is 0 Å². The predicted molar refractivity (Wildman–Crippen MR) is 61.1 cm³/mol. The summed E-state index contributed by atoms with van der Waals surface area (Å²) in [7, 11) is 0. The van der Waals surface area contributed by atoms with Crippen molar-refractivity contribution in [2.75, 3.05) is 0 Å². The smallest absolute Gasteiger partial charge is 0.416 e. The number of esters is 1. The fourth-order valence-electron chi connectivity index (χ4n) is 1.63. The van der Waals surface area contributed by atoms with Crippen molar-refractivity contribution in [3.05, 3.63) is 35.4 Å². The predicted octanol–water partition coefficient (Wildman–Crippen LogP) is 3.76. The number of hydrogen-bond donors (Lipinski definition) is 0. The van der Waals surface area contributed by atoms with Gasteiger partial charge in [0.15, 0.2) is 0 Å². The molecule has 2 nitrogen and oxygen atoms in total. The zero-order chi connectivity index (χ0) is 13.9. The van der Waals surface area contributed by atoms with Gasteiger partial charge in [0.1, 0.15) is 6.10 Å². The van der Waals surface area contributed by atoms with Gasteiger partial charge in [-0.25, -0.2) is 0 Å². The Morgan fingerprint density at radius 3 is 2.39 bits per heavy atom. The molecule has 0 saturated heterocycles. The summed E-state index contributed by atoms with van der Waals surface area (Å²) in [6, 6.07) is 5.06. The van der Waals surface area contributed by atoms with Gasteiger partial charge >= 0.3 is 12.1 Å². The lowest BCUT2D eigenvalue weighted by molar-refractivity contribution is -0.146. The summed E-state index contributed by atoms with van der Waals surface area (Å²) in [5.74, 6) is -0.738. The summed E-state index contributed by atoms with van der Waals surface area (Å²) < 4.78 is 42.6. The lowest BCUT2D eigenvalue weighted by Gasteiger charge is -2.21. The van der Waals surface area contributed by atoms with E-state index in [9.17, 15) is 18.0 Å². The lowest BCUT2D eigenvalue weighted by atomic mass is 9.94. The van der Waals surface area contributed by atoms with E-state index >= 15 is 0 Å². The summed E-state index contributed by atoms with van der Waals surface area (Å²) >= 11 is 0. The number of halogens is 3. The Kier molecular flexibility index (Phi) is 4.38. The highest BCUT2D eigenvalue weighted by Gasteiger charge is 2.31. The molecule has 0 heterocycles. The zero-order valence-corrected chi connectivity index (χ0v) is 10.4. The van der Waals surface area contributed by atoms with Gasteiger partial charge in [-0.3, -0.25) is 4.79 Å². The molecule has 0 unspecified atom stereocenters. The fraction of sp³-hybridized carbons (Fsp3) is 0.462. The summed E-state index contributed by atoms with van der Waals surface area (Å²) in [5, 5.41) is 0. The number of carbonyl (C=O) groups is 1. The summed E-state index contributed by atoms with van der Waals surface area (Å²) in [6.07, 6.45) is -4.83. The van der Waals surface area contributed by atoms with Gasteiger partial charge in [0.25, 0.3) is 0 Å². The first-order valence-corrected chi connectivity index (χ1v) is 5.56. The molecule has 0 aromatic heterocycles. The molecule has 0 aliphatic heterocycles. The van der Waals surface area contributed by atoms with Gasteiger partial charge < -0.3 is 4.74 Å². The van der Waals surface area contributed by atoms with E-state index in [2.05, 4.69) is 0 Å². The highest BCUT2D eigenvalue weighted by Crippen LogP contribution is 2.32. The van der Waals surface area contributed by atoms with Crippen molar-refractivity contribution in [2.45, 2.75) is 39.0 Å². The minimum atomic E-state index is -4.36. The van der Waals surface area contributed by atoms with Gasteiger partial charge in [0.2, 0.25) is 0 Å². The van der Waals surface area contributed by atoms with Gasteiger partial charge in [-0.15, -0.1) is 0 Å². The molecule has 0 radical (unpaired) electrons. The third kappa shape index (κ3) is 3.75. The van der Waals surface area contributed by atoms with Crippen LogP contribution in [0.15, 0.2) is 24.3 Å². The molecule has 0 saturated carbocycles. The van der Waals surface area contributed by atoms with Crippen molar-refractivity contribution >= 4 is 5.97 Å². The second-order valence-electron chi connectivity index (χ2n) is 4.23. The Morgan fingerprint density at radius 2 is 1.89 bits per heavy atom. The molecule has 1 rings (SSSR count). The minimum absolute atomic E-state index is 0.295. The fourth-order valence-corrected chi connectivity index (χ4v) is 1.63. The van der Waals surface area contributed by atoms with Gasteiger partial charge in [-0.05, 0) is 18.6 Å². The van der Waals surface area contributed by atoms with Crippen LogP contribution in [0.2, 0.25) is 0 Å². The first kappa shape index (κ1) is 14.5. The first-order valence-electron chi connectivity index (χ1n) is 5.56. The molecule has 1 aromatic rings. The van der Waals surface area contributed by atoms with Crippen LogP contribution in [-0.2, 0) is 15.7 Å². The average Bonchev–Trinajstić information content (AvgIpc) is 2.26. The molecular formula is C13H15F3O2. The van der Waals surface area contributed by atoms with E-state index in [0.717, 1.165) is 12.1 Å². The SMILES string of the molecule is CC(=O)O[C@@H](C)[C@@H](C)c1cccc(C(F)(F)F)c1. The summed E-state index contributed by atoms with van der Waals surface area (Å²) in [6.45, 7) is 4.66. The molecule has 0 aliphatic rings. The molecular weight excluding hydrogens is 245 g/mol. The Bertz CT molecular complexity index is 426. The maximum Gasteiger partial charge on any atom is 0.416 e. The molecule has 18 heavy (non-hydrogen) atoms. The second-order valence-corrected chi connectivity index (χ2v) is 4.23. The third-order valence-corrected chi connectivity index (χ3v) is 2.80. The monoisotopic (exact) mass is 260 g/mol. The number of hydrogen-bond acceptors (Lipinski definition) is 2. The van der Waals surface area contributed by atoms with E-state index in [1.165, 1.54) is 13.0 Å². The Balaban J connectivity index is 2.93. The van der Waals surface area contributed by atoms with Gasteiger partial charge in [-0.2, -0.15) is 13.2 Å². The largest absolute Gasteiger partial charge is 0.462 e. The summed E-state index contributed by atoms with van der Waals surface area (Å²) in [5.41, 5.74) is -0.194. The van der Waals surface area contributed by atoms with E-state index < -0.39 is 23.8 Å². The normalized spacial score (nSPS) is 15.0. The van der Waals surface area contributed by atoms with Crippen LogP contribution in [0.1, 0.15) is 37.8 Å². The first-order chi connectivity index (χ1) is 8.21. The molecule has 0 amide bonds. The molecule has 0 fully saturated rings. The van der Waals surface area contributed by atoms with Gasteiger partial charge in [0.05, 0.1) is 5.56 Å². The highest BCUT2D eigenvalue weighted by molar-refractivity contribution is 5.66. The van der Waals surface area contributed by atoms with Crippen LogP contribution in [0.4, 0.5) is 13.2 Å². The van der Waals surface area contributed by atoms with Crippen molar-refractivity contribution in [1.29, 1.82) is 0 Å². The Hall–Kier alpha value is -1.52. The Labute approximate surface area is 104 Å². The standard InChI is InChI=1S/C13H15F3O2/c1-8(9(2)18-10(3)17)11-5-4-6-12(7-11)13(14,15)16/h4-9H,1-3H3/t8-,9+/m1/s1. The number of ether oxygens (including phenoxy) is 1. The Morgan fingerprint density at radius 1 is 1.28 bits per heavy atom. The van der Waals surface area contributed by atoms with Crippen molar-refractivity contribution in [1.82, 2.24) is 0 Å². The molecule has 0 N–H and O–H groups in total. The second kappa shape index (κ2) is 5.42. The van der Waals surface area contributed by atoms with Crippen LogP contribution in [0.25, 0.3) is 0 Å². The summed E-state index contributed by atoms with van der Waals surface area (Å²) in [4.78, 5) is 10.8. The number of carbonyl (C=O) groups excluding carboxylic acids is 1. The van der Waals surface area contributed by atoms with Crippen LogP contribution in [0.3, 0.4) is 0 Å². The number of alkyl halides is 3. The molecule has 0 spiro atoms. The molecule has 0 aliphatic carbocycles. The van der Waals surface area contributed by atoms with Crippen LogP contribution >= 0.6 is 0 Å².